The fourth-order valence-corrected chi connectivity index (χ4v) is 14.9. The van der Waals surface area contributed by atoms with Crippen molar-refractivity contribution in [1.29, 1.82) is 0 Å². The molecular weight excluding hydrogens is 821 g/mol. The summed E-state index contributed by atoms with van der Waals surface area (Å²) in [6, 6.07) is 62.5. The minimum absolute atomic E-state index is 0.0380. The highest BCUT2D eigenvalue weighted by molar-refractivity contribution is 6.30. The first-order chi connectivity index (χ1) is 33.0. The molecule has 4 heterocycles. The Morgan fingerprint density at radius 1 is 0.294 bits per heavy atom. The SMILES string of the molecule is CC(C)(C)c1cc2c3cc4c(cc3n3c5ccc6c(c5c(c1)c23)C1c2ccccc2C6c2ccccc21)c1cc(C(C)(C)C)cc2c3c5c(ccc3n4c12)C1c2ccccc2C5c2ccccc21. The molecule has 6 aliphatic rings. The van der Waals surface area contributed by atoms with Crippen LogP contribution >= 0.6 is 0 Å². The van der Waals surface area contributed by atoms with Gasteiger partial charge in [0, 0.05) is 66.8 Å². The monoisotopic (exact) mass is 868 g/mol. The van der Waals surface area contributed by atoms with E-state index in [1.807, 2.05) is 0 Å². The van der Waals surface area contributed by atoms with Gasteiger partial charge in [-0.05, 0) is 137 Å². The molecule has 2 nitrogen and oxygen atoms in total. The van der Waals surface area contributed by atoms with Gasteiger partial charge < -0.3 is 8.80 Å². The van der Waals surface area contributed by atoms with Gasteiger partial charge in [0.05, 0.1) is 33.1 Å². The molecule has 68 heavy (non-hydrogen) atoms. The van der Waals surface area contributed by atoms with Crippen LogP contribution in [0.25, 0.3) is 76.2 Å². The molecule has 0 amide bonds. The molecule has 6 aliphatic carbocycles. The second kappa shape index (κ2) is 11.6. The normalized spacial score (nSPS) is 19.0. The molecule has 0 spiro atoms. The quantitative estimate of drug-likeness (QED) is 0.144. The second-order valence-corrected chi connectivity index (χ2v) is 23.1. The van der Waals surface area contributed by atoms with Crippen molar-refractivity contribution in [3.8, 4) is 0 Å². The summed E-state index contributed by atoms with van der Waals surface area (Å²) >= 11 is 0. The molecule has 0 saturated carbocycles. The number of rotatable bonds is 0. The van der Waals surface area contributed by atoms with Gasteiger partial charge in [0.1, 0.15) is 0 Å². The lowest BCUT2D eigenvalue weighted by atomic mass is 9.60. The van der Waals surface area contributed by atoms with Crippen molar-refractivity contribution in [2.75, 3.05) is 0 Å². The van der Waals surface area contributed by atoms with Crippen LogP contribution < -0.4 is 0 Å². The zero-order chi connectivity index (χ0) is 45.0. The van der Waals surface area contributed by atoms with E-state index in [2.05, 4.69) is 208 Å². The summed E-state index contributed by atoms with van der Waals surface area (Å²) in [5, 5.41) is 11.1. The summed E-state index contributed by atoms with van der Waals surface area (Å²) in [5.74, 6) is 0.866. The maximum Gasteiger partial charge on any atom is 0.0620 e. The Morgan fingerprint density at radius 3 is 0.926 bits per heavy atom. The smallest absolute Gasteiger partial charge is 0.0620 e. The van der Waals surface area contributed by atoms with E-state index in [0.29, 0.717) is 0 Å². The first-order valence-electron chi connectivity index (χ1n) is 24.9. The van der Waals surface area contributed by atoms with E-state index in [1.54, 1.807) is 0 Å². The highest BCUT2D eigenvalue weighted by atomic mass is 14.9. The van der Waals surface area contributed by atoms with Gasteiger partial charge in [0.25, 0.3) is 0 Å². The molecule has 0 atom stereocenters. The number of hydrogen-bond donors (Lipinski definition) is 0. The van der Waals surface area contributed by atoms with E-state index in [4.69, 9.17) is 0 Å². The summed E-state index contributed by atoms with van der Waals surface area (Å²) in [4.78, 5) is 0. The number of nitrogens with zero attached hydrogens (tertiary/aromatic N) is 2. The van der Waals surface area contributed by atoms with Crippen LogP contribution in [0.3, 0.4) is 0 Å². The third kappa shape index (κ3) is 4.07. The predicted octanol–water partition coefficient (Wildman–Crippen LogP) is 16.6. The molecule has 19 rings (SSSR count). The van der Waals surface area contributed by atoms with Gasteiger partial charge in [0.15, 0.2) is 0 Å². The Kier molecular flexibility index (Phi) is 6.27. The summed E-state index contributed by atoms with van der Waals surface area (Å²) in [5.41, 5.74) is 28.4. The average molecular weight is 869 g/mol. The highest BCUT2D eigenvalue weighted by Gasteiger charge is 2.45. The van der Waals surface area contributed by atoms with Crippen LogP contribution in [0.4, 0.5) is 0 Å². The lowest BCUT2D eigenvalue weighted by Gasteiger charge is -2.42. The van der Waals surface area contributed by atoms with Crippen LogP contribution in [0, 0.1) is 0 Å². The summed E-state index contributed by atoms with van der Waals surface area (Å²) in [6.07, 6.45) is 0. The zero-order valence-electron chi connectivity index (χ0n) is 39.2. The van der Waals surface area contributed by atoms with Crippen molar-refractivity contribution in [3.05, 3.63) is 236 Å². The van der Waals surface area contributed by atoms with Gasteiger partial charge >= 0.3 is 0 Å². The molecule has 322 valence electrons. The first-order valence-corrected chi connectivity index (χ1v) is 24.9. The van der Waals surface area contributed by atoms with E-state index in [0.717, 1.165) is 0 Å². The second-order valence-electron chi connectivity index (χ2n) is 23.1. The molecule has 13 aromatic rings. The Bertz CT molecular complexity index is 4090. The van der Waals surface area contributed by atoms with Gasteiger partial charge in [-0.2, -0.15) is 0 Å². The standard InChI is InChI=1S/C66H48N2/c1-65(2,3)33-27-47-45-31-54-46(32-53(45)67-51-25-23-43-55-35-15-7-11-19-39(35)57(40-20-12-8-16-36(40)55)61(43)59(51)49(29-33)63(47)67)48-28-34(66(4,5)6)30-50-60-52(68(54)64(48)50)26-24-44-56-37-17-9-13-21-41(37)58(62(44)60)42-22-14-10-18-38(42)56/h7-32,55-58H,1-6H3. The van der Waals surface area contributed by atoms with E-state index in [9.17, 15) is 0 Å². The van der Waals surface area contributed by atoms with E-state index in [-0.39, 0.29) is 34.5 Å². The molecule has 9 aromatic carbocycles. The van der Waals surface area contributed by atoms with Gasteiger partial charge in [0.2, 0.25) is 0 Å². The van der Waals surface area contributed by atoms with Crippen molar-refractivity contribution >= 4 is 76.2 Å². The molecule has 2 heteroatoms. The lowest BCUT2D eigenvalue weighted by Crippen LogP contribution is -2.27. The Labute approximate surface area is 394 Å². The minimum Gasteiger partial charge on any atom is -0.308 e. The van der Waals surface area contributed by atoms with Crippen molar-refractivity contribution in [3.63, 3.8) is 0 Å². The van der Waals surface area contributed by atoms with Gasteiger partial charge in [-0.1, -0.05) is 151 Å². The average Bonchev–Trinajstić information content (AvgIpc) is 4.08. The van der Waals surface area contributed by atoms with Gasteiger partial charge in [-0.25, -0.2) is 0 Å². The molecule has 0 fully saturated rings. The molecular formula is C66H48N2. The fraction of sp³-hybridized carbons (Fsp3) is 0.182. The molecule has 4 bridgehead atoms. The largest absolute Gasteiger partial charge is 0.308 e. The van der Waals surface area contributed by atoms with E-state index < -0.39 is 0 Å². The number of aromatic nitrogens is 2. The predicted molar refractivity (Wildman–Crippen MR) is 283 cm³/mol. The third-order valence-electron chi connectivity index (χ3n) is 17.8. The maximum absolute atomic E-state index is 2.67. The first kappa shape index (κ1) is 36.7. The van der Waals surface area contributed by atoms with Crippen molar-refractivity contribution in [2.45, 2.75) is 76.0 Å². The van der Waals surface area contributed by atoms with Crippen LogP contribution in [-0.2, 0) is 10.8 Å². The molecule has 0 saturated heterocycles. The fourth-order valence-electron chi connectivity index (χ4n) is 14.9. The Morgan fingerprint density at radius 2 is 0.603 bits per heavy atom. The van der Waals surface area contributed by atoms with E-state index in [1.165, 1.54) is 154 Å². The summed E-state index contributed by atoms with van der Waals surface area (Å²) in [6.45, 7) is 14.3. The summed E-state index contributed by atoms with van der Waals surface area (Å²) < 4.78 is 5.34. The van der Waals surface area contributed by atoms with Crippen LogP contribution in [0.1, 0.15) is 143 Å². The summed E-state index contributed by atoms with van der Waals surface area (Å²) in [7, 11) is 0. The third-order valence-corrected chi connectivity index (χ3v) is 17.8. The van der Waals surface area contributed by atoms with Crippen molar-refractivity contribution in [1.82, 2.24) is 8.80 Å². The van der Waals surface area contributed by atoms with Crippen LogP contribution in [-0.4, -0.2) is 8.80 Å². The van der Waals surface area contributed by atoms with E-state index >= 15 is 0 Å². The lowest BCUT2D eigenvalue weighted by molar-refractivity contribution is 0.591. The topological polar surface area (TPSA) is 8.82 Å². The molecule has 0 radical (unpaired) electrons. The number of benzene rings is 9. The minimum atomic E-state index is -0.0380. The number of hydrogen-bond acceptors (Lipinski definition) is 0. The van der Waals surface area contributed by atoms with Crippen molar-refractivity contribution in [2.24, 2.45) is 0 Å². The highest BCUT2D eigenvalue weighted by Crippen LogP contribution is 2.61. The molecule has 0 unspecified atom stereocenters. The van der Waals surface area contributed by atoms with Crippen LogP contribution in [0.5, 0.6) is 0 Å². The molecule has 4 aromatic heterocycles. The van der Waals surface area contributed by atoms with Crippen LogP contribution in [0.15, 0.2) is 158 Å². The Hall–Kier alpha value is -7.42. The van der Waals surface area contributed by atoms with Crippen molar-refractivity contribution < 1.29 is 0 Å². The molecule has 0 N–H and O–H groups in total. The zero-order valence-corrected chi connectivity index (χ0v) is 39.2. The van der Waals surface area contributed by atoms with Gasteiger partial charge in [-0.3, -0.25) is 0 Å². The molecule has 0 aliphatic heterocycles. The van der Waals surface area contributed by atoms with Crippen LogP contribution in [0.2, 0.25) is 0 Å². The number of fused-ring (bicyclic) bond motifs is 12. The van der Waals surface area contributed by atoms with Gasteiger partial charge in [-0.15, -0.1) is 0 Å². The Balaban J connectivity index is 1.02. The maximum atomic E-state index is 2.67.